The summed E-state index contributed by atoms with van der Waals surface area (Å²) < 4.78 is 0.667. The summed E-state index contributed by atoms with van der Waals surface area (Å²) in [6.07, 6.45) is 1.48. The molecule has 108 valence electrons. The zero-order chi connectivity index (χ0) is 15.4. The van der Waals surface area contributed by atoms with Crippen molar-refractivity contribution in [1.82, 2.24) is 4.98 Å². The number of aromatic carboxylic acids is 1. The summed E-state index contributed by atoms with van der Waals surface area (Å²) in [5.74, 6) is -1.54. The Labute approximate surface area is 129 Å². The second-order valence-electron chi connectivity index (χ2n) is 4.19. The molecule has 0 radical (unpaired) electrons. The van der Waals surface area contributed by atoms with Gasteiger partial charge in [-0.15, -0.1) is 0 Å². The van der Waals surface area contributed by atoms with E-state index in [1.165, 1.54) is 24.4 Å². The Balaban J connectivity index is 2.30. The zero-order valence-corrected chi connectivity index (χ0v) is 12.4. The predicted molar refractivity (Wildman–Crippen MR) is 81.2 cm³/mol. The van der Waals surface area contributed by atoms with Crippen molar-refractivity contribution in [2.75, 3.05) is 5.32 Å². The van der Waals surface area contributed by atoms with Gasteiger partial charge < -0.3 is 16.2 Å². The van der Waals surface area contributed by atoms with Crippen LogP contribution in [0, 0.1) is 0 Å². The third-order valence-electron chi connectivity index (χ3n) is 2.75. The van der Waals surface area contributed by atoms with Gasteiger partial charge in [0.1, 0.15) is 0 Å². The highest BCUT2D eigenvalue weighted by Crippen LogP contribution is 2.22. The Morgan fingerprint density at radius 2 is 2.05 bits per heavy atom. The lowest BCUT2D eigenvalue weighted by atomic mass is 10.1. The van der Waals surface area contributed by atoms with Gasteiger partial charge in [0.05, 0.1) is 16.9 Å². The molecule has 1 amide bonds. The molecule has 7 heteroatoms. The molecule has 1 heterocycles. The number of hydrogen-bond acceptors (Lipinski definition) is 4. The Bertz CT molecular complexity index is 704. The van der Waals surface area contributed by atoms with Crippen molar-refractivity contribution in [3.8, 4) is 0 Å². The van der Waals surface area contributed by atoms with Crippen molar-refractivity contribution in [1.29, 1.82) is 0 Å². The Morgan fingerprint density at radius 1 is 1.29 bits per heavy atom. The van der Waals surface area contributed by atoms with Gasteiger partial charge in [-0.25, -0.2) is 4.79 Å². The smallest absolute Gasteiger partial charge is 0.337 e. The Hall–Kier alpha value is -2.25. The summed E-state index contributed by atoms with van der Waals surface area (Å²) in [6.45, 7) is 0.221. The summed E-state index contributed by atoms with van der Waals surface area (Å²) in [6, 6.07) is 7.64. The second kappa shape index (κ2) is 6.47. The van der Waals surface area contributed by atoms with E-state index in [1.807, 2.05) is 0 Å². The fraction of sp³-hybridized carbons (Fsp3) is 0.0714. The van der Waals surface area contributed by atoms with Crippen molar-refractivity contribution >= 4 is 33.5 Å². The van der Waals surface area contributed by atoms with Gasteiger partial charge >= 0.3 is 5.97 Å². The van der Waals surface area contributed by atoms with Gasteiger partial charge in [0.2, 0.25) is 0 Å². The molecule has 2 rings (SSSR count). The average molecular weight is 350 g/mol. The summed E-state index contributed by atoms with van der Waals surface area (Å²) in [5, 5.41) is 11.7. The summed E-state index contributed by atoms with van der Waals surface area (Å²) in [7, 11) is 0. The highest BCUT2D eigenvalue weighted by Gasteiger charge is 2.14. The van der Waals surface area contributed by atoms with Crippen molar-refractivity contribution in [3.05, 3.63) is 57.8 Å². The number of nitrogens with two attached hydrogens (primary N) is 1. The quantitative estimate of drug-likeness (QED) is 0.784. The van der Waals surface area contributed by atoms with Crippen LogP contribution in [0.3, 0.4) is 0 Å². The molecule has 0 bridgehead atoms. The van der Waals surface area contributed by atoms with Crippen LogP contribution in [0.2, 0.25) is 0 Å². The molecule has 0 fully saturated rings. The van der Waals surface area contributed by atoms with Crippen LogP contribution < -0.4 is 11.1 Å². The topological polar surface area (TPSA) is 105 Å². The van der Waals surface area contributed by atoms with E-state index in [4.69, 9.17) is 10.8 Å². The first kappa shape index (κ1) is 15.1. The molecule has 4 N–H and O–H groups in total. The molecule has 0 aliphatic carbocycles. The first-order valence-corrected chi connectivity index (χ1v) is 6.79. The Kier molecular flexibility index (Phi) is 4.66. The van der Waals surface area contributed by atoms with Gasteiger partial charge in [0.15, 0.2) is 0 Å². The van der Waals surface area contributed by atoms with E-state index < -0.39 is 11.9 Å². The van der Waals surface area contributed by atoms with Crippen LogP contribution in [0.5, 0.6) is 0 Å². The molecule has 0 aliphatic rings. The minimum absolute atomic E-state index is 0.0136. The molecule has 0 aliphatic heterocycles. The molecule has 6 nitrogen and oxygen atoms in total. The molecule has 0 spiro atoms. The second-order valence-corrected chi connectivity index (χ2v) is 5.10. The molecule has 0 saturated heterocycles. The molecular weight excluding hydrogens is 338 g/mol. The standard InChI is InChI=1S/C14H12BrN3O3/c15-9-1-2-11(14(20)21)12(6-9)18-13(19)8-3-4-17-10(5-8)7-16/h1-6H,7,16H2,(H,18,19)(H,20,21). The third kappa shape index (κ3) is 3.65. The maximum atomic E-state index is 12.2. The van der Waals surface area contributed by atoms with E-state index in [0.717, 1.165) is 0 Å². The zero-order valence-electron chi connectivity index (χ0n) is 10.8. The summed E-state index contributed by atoms with van der Waals surface area (Å²) in [5.41, 5.74) is 6.65. The molecular formula is C14H12BrN3O3. The van der Waals surface area contributed by atoms with Crippen LogP contribution >= 0.6 is 15.9 Å². The largest absolute Gasteiger partial charge is 0.478 e. The average Bonchev–Trinajstić information content (AvgIpc) is 2.47. The van der Waals surface area contributed by atoms with Crippen molar-refractivity contribution in [2.45, 2.75) is 6.54 Å². The van der Waals surface area contributed by atoms with Crippen LogP contribution in [0.25, 0.3) is 0 Å². The molecule has 2 aromatic rings. The third-order valence-corrected chi connectivity index (χ3v) is 3.24. The van der Waals surface area contributed by atoms with Gasteiger partial charge in [-0.2, -0.15) is 0 Å². The van der Waals surface area contributed by atoms with E-state index in [1.54, 1.807) is 12.1 Å². The number of carbonyl (C=O) groups excluding carboxylic acids is 1. The number of rotatable bonds is 4. The molecule has 0 unspecified atom stereocenters. The molecule has 1 aromatic carbocycles. The number of aromatic nitrogens is 1. The molecule has 0 saturated carbocycles. The van der Waals surface area contributed by atoms with Crippen LogP contribution in [0.1, 0.15) is 26.4 Å². The van der Waals surface area contributed by atoms with Gasteiger partial charge in [0.25, 0.3) is 5.91 Å². The van der Waals surface area contributed by atoms with Crippen molar-refractivity contribution in [2.24, 2.45) is 5.73 Å². The lowest BCUT2D eigenvalue weighted by Gasteiger charge is -2.09. The first-order valence-electron chi connectivity index (χ1n) is 6.00. The van der Waals surface area contributed by atoms with E-state index in [0.29, 0.717) is 15.7 Å². The van der Waals surface area contributed by atoms with Crippen LogP contribution in [0.15, 0.2) is 41.0 Å². The lowest BCUT2D eigenvalue weighted by molar-refractivity contribution is 0.0698. The maximum absolute atomic E-state index is 12.2. The molecule has 0 atom stereocenters. The predicted octanol–water partition coefficient (Wildman–Crippen LogP) is 2.25. The van der Waals surface area contributed by atoms with Crippen LogP contribution in [0.4, 0.5) is 5.69 Å². The number of hydrogen-bond donors (Lipinski definition) is 3. The van der Waals surface area contributed by atoms with E-state index >= 15 is 0 Å². The number of nitrogens with zero attached hydrogens (tertiary/aromatic N) is 1. The number of carboxylic acid groups (broad SMARTS) is 1. The fourth-order valence-electron chi connectivity index (χ4n) is 1.73. The van der Waals surface area contributed by atoms with Crippen LogP contribution in [-0.2, 0) is 6.54 Å². The summed E-state index contributed by atoms with van der Waals surface area (Å²) >= 11 is 3.24. The van der Waals surface area contributed by atoms with Crippen LogP contribution in [-0.4, -0.2) is 22.0 Å². The monoisotopic (exact) mass is 349 g/mol. The van der Waals surface area contributed by atoms with E-state index in [2.05, 4.69) is 26.2 Å². The Morgan fingerprint density at radius 3 is 2.71 bits per heavy atom. The maximum Gasteiger partial charge on any atom is 0.337 e. The highest BCUT2D eigenvalue weighted by atomic mass is 79.9. The normalized spacial score (nSPS) is 10.2. The number of anilines is 1. The van der Waals surface area contributed by atoms with Gasteiger partial charge in [-0.3, -0.25) is 9.78 Å². The fourth-order valence-corrected chi connectivity index (χ4v) is 2.09. The number of carbonyl (C=O) groups is 2. The van der Waals surface area contributed by atoms with Gasteiger partial charge in [0, 0.05) is 22.8 Å². The van der Waals surface area contributed by atoms with E-state index in [-0.39, 0.29) is 17.8 Å². The number of benzene rings is 1. The van der Waals surface area contributed by atoms with Crippen molar-refractivity contribution in [3.63, 3.8) is 0 Å². The number of pyridine rings is 1. The summed E-state index contributed by atoms with van der Waals surface area (Å²) in [4.78, 5) is 27.3. The number of amides is 1. The first-order chi connectivity index (χ1) is 10.0. The number of nitrogens with one attached hydrogen (secondary N) is 1. The SMILES string of the molecule is NCc1cc(C(=O)Nc2cc(Br)ccc2C(=O)O)ccn1. The highest BCUT2D eigenvalue weighted by molar-refractivity contribution is 9.10. The molecule has 1 aromatic heterocycles. The number of carboxylic acids is 1. The lowest BCUT2D eigenvalue weighted by Crippen LogP contribution is -2.15. The number of halogens is 1. The van der Waals surface area contributed by atoms with Gasteiger partial charge in [-0.05, 0) is 30.3 Å². The van der Waals surface area contributed by atoms with Gasteiger partial charge in [-0.1, -0.05) is 15.9 Å². The van der Waals surface area contributed by atoms with E-state index in [9.17, 15) is 9.59 Å². The molecule has 21 heavy (non-hydrogen) atoms. The minimum Gasteiger partial charge on any atom is -0.478 e. The van der Waals surface area contributed by atoms with Crippen molar-refractivity contribution < 1.29 is 14.7 Å². The minimum atomic E-state index is -1.12.